The third kappa shape index (κ3) is 3.92. The van der Waals surface area contributed by atoms with Crippen molar-refractivity contribution in [3.05, 3.63) is 53.5 Å². The van der Waals surface area contributed by atoms with E-state index >= 15 is 0 Å². The van der Waals surface area contributed by atoms with Crippen molar-refractivity contribution in [2.75, 3.05) is 24.1 Å². The van der Waals surface area contributed by atoms with Crippen LogP contribution in [0.5, 0.6) is 0 Å². The number of nitrogens with two attached hydrogens (primary N) is 1. The van der Waals surface area contributed by atoms with Gasteiger partial charge < -0.3 is 16.4 Å². The van der Waals surface area contributed by atoms with Crippen LogP contribution in [-0.4, -0.2) is 24.0 Å². The number of hydrogen-bond donors (Lipinski definition) is 3. The summed E-state index contributed by atoms with van der Waals surface area (Å²) >= 11 is 0. The van der Waals surface area contributed by atoms with Gasteiger partial charge in [0.25, 0.3) is 5.91 Å². The van der Waals surface area contributed by atoms with E-state index in [4.69, 9.17) is 5.73 Å². The molecule has 2 rings (SSSR count). The second kappa shape index (κ2) is 6.69. The Balaban J connectivity index is 1.82. The maximum Gasteiger partial charge on any atom is 0.251 e. The number of nitrogens with one attached hydrogen (secondary N) is 2. The Kier molecular flexibility index (Phi) is 4.71. The number of benzene rings is 1. The normalized spacial score (nSPS) is 10.2. The van der Waals surface area contributed by atoms with E-state index in [1.54, 1.807) is 12.3 Å². The molecule has 1 amide bonds. The summed E-state index contributed by atoms with van der Waals surface area (Å²) in [5, 5.41) is 5.74. The summed E-state index contributed by atoms with van der Waals surface area (Å²) in [7, 11) is 0. The van der Waals surface area contributed by atoms with Gasteiger partial charge in [-0.2, -0.15) is 0 Å². The largest absolute Gasteiger partial charge is 0.396 e. The van der Waals surface area contributed by atoms with E-state index in [0.29, 0.717) is 30.2 Å². The summed E-state index contributed by atoms with van der Waals surface area (Å²) in [6, 6.07) is 7.38. The zero-order chi connectivity index (χ0) is 15.2. The van der Waals surface area contributed by atoms with Gasteiger partial charge in [-0.15, -0.1) is 0 Å². The Hall–Kier alpha value is -2.63. The number of anilines is 2. The molecule has 0 fully saturated rings. The van der Waals surface area contributed by atoms with Crippen molar-refractivity contribution in [2.24, 2.45) is 0 Å². The van der Waals surface area contributed by atoms with E-state index in [1.165, 1.54) is 18.2 Å². The lowest BCUT2D eigenvalue weighted by Gasteiger charge is -2.10. The van der Waals surface area contributed by atoms with Crippen molar-refractivity contribution in [3.8, 4) is 0 Å². The number of carbonyl (C=O) groups is 1. The Morgan fingerprint density at radius 3 is 2.90 bits per heavy atom. The monoisotopic (exact) mass is 288 g/mol. The van der Waals surface area contributed by atoms with Crippen LogP contribution in [0.1, 0.15) is 15.9 Å². The minimum atomic E-state index is -0.433. The van der Waals surface area contributed by atoms with Crippen LogP contribution in [0.15, 0.2) is 36.5 Å². The standard InChI is InChI=1S/C15H17FN4O/c1-10-5-6-18-14(13(10)17)19-7-8-20-15(21)11-3-2-4-12(16)9-11/h2-6,9H,7-8,17H2,1H3,(H,18,19)(H,20,21). The van der Waals surface area contributed by atoms with E-state index in [1.807, 2.05) is 13.0 Å². The summed E-state index contributed by atoms with van der Waals surface area (Å²) in [5.41, 5.74) is 7.71. The zero-order valence-corrected chi connectivity index (χ0v) is 11.7. The summed E-state index contributed by atoms with van der Waals surface area (Å²) in [4.78, 5) is 15.9. The molecular formula is C15H17FN4O. The number of rotatable bonds is 5. The van der Waals surface area contributed by atoms with Crippen LogP contribution in [-0.2, 0) is 0 Å². The van der Waals surface area contributed by atoms with E-state index in [9.17, 15) is 9.18 Å². The second-order valence-corrected chi connectivity index (χ2v) is 4.58. The van der Waals surface area contributed by atoms with Crippen LogP contribution in [0.4, 0.5) is 15.9 Å². The molecule has 1 aromatic heterocycles. The summed E-state index contributed by atoms with van der Waals surface area (Å²) in [5.74, 6) is -0.158. The predicted molar refractivity (Wildman–Crippen MR) is 80.6 cm³/mol. The third-order valence-corrected chi connectivity index (χ3v) is 3.00. The van der Waals surface area contributed by atoms with Gasteiger partial charge in [-0.1, -0.05) is 6.07 Å². The number of nitrogen functional groups attached to an aromatic ring is 1. The molecule has 5 nitrogen and oxygen atoms in total. The van der Waals surface area contributed by atoms with Crippen molar-refractivity contribution in [1.82, 2.24) is 10.3 Å². The highest BCUT2D eigenvalue weighted by Crippen LogP contribution is 2.17. The summed E-state index contributed by atoms with van der Waals surface area (Å²) in [6.07, 6.45) is 1.67. The molecule has 0 spiro atoms. The highest BCUT2D eigenvalue weighted by Gasteiger charge is 2.06. The Morgan fingerprint density at radius 1 is 1.33 bits per heavy atom. The minimum Gasteiger partial charge on any atom is -0.396 e. The van der Waals surface area contributed by atoms with E-state index in [-0.39, 0.29) is 5.91 Å². The molecule has 110 valence electrons. The van der Waals surface area contributed by atoms with Crippen LogP contribution in [0.2, 0.25) is 0 Å². The molecule has 2 aromatic rings. The lowest BCUT2D eigenvalue weighted by Crippen LogP contribution is -2.29. The molecule has 4 N–H and O–H groups in total. The van der Waals surface area contributed by atoms with Crippen molar-refractivity contribution in [1.29, 1.82) is 0 Å². The van der Waals surface area contributed by atoms with Crippen molar-refractivity contribution < 1.29 is 9.18 Å². The first-order chi connectivity index (χ1) is 10.1. The van der Waals surface area contributed by atoms with Crippen LogP contribution >= 0.6 is 0 Å². The molecular weight excluding hydrogens is 271 g/mol. The zero-order valence-electron chi connectivity index (χ0n) is 11.7. The van der Waals surface area contributed by atoms with Crippen molar-refractivity contribution in [3.63, 3.8) is 0 Å². The molecule has 21 heavy (non-hydrogen) atoms. The minimum absolute atomic E-state index is 0.295. The van der Waals surface area contributed by atoms with Gasteiger partial charge in [-0.25, -0.2) is 9.37 Å². The average Bonchev–Trinajstić information content (AvgIpc) is 2.47. The van der Waals surface area contributed by atoms with Crippen LogP contribution in [0.3, 0.4) is 0 Å². The number of pyridine rings is 1. The van der Waals surface area contributed by atoms with Gasteiger partial charge >= 0.3 is 0 Å². The molecule has 0 saturated carbocycles. The molecule has 0 aliphatic carbocycles. The van der Waals surface area contributed by atoms with Gasteiger partial charge in [-0.3, -0.25) is 4.79 Å². The molecule has 1 heterocycles. The number of hydrogen-bond acceptors (Lipinski definition) is 4. The van der Waals surface area contributed by atoms with E-state index < -0.39 is 5.82 Å². The van der Waals surface area contributed by atoms with Crippen LogP contribution < -0.4 is 16.4 Å². The smallest absolute Gasteiger partial charge is 0.251 e. The fourth-order valence-corrected chi connectivity index (χ4v) is 1.80. The molecule has 0 unspecified atom stereocenters. The third-order valence-electron chi connectivity index (χ3n) is 3.00. The predicted octanol–water partition coefficient (Wildman–Crippen LogP) is 1.95. The van der Waals surface area contributed by atoms with Crippen molar-refractivity contribution >= 4 is 17.4 Å². The van der Waals surface area contributed by atoms with Crippen LogP contribution in [0, 0.1) is 12.7 Å². The topological polar surface area (TPSA) is 80.0 Å². The van der Waals surface area contributed by atoms with E-state index in [2.05, 4.69) is 15.6 Å². The van der Waals surface area contributed by atoms with Gasteiger partial charge in [0.2, 0.25) is 0 Å². The number of nitrogens with zero attached hydrogens (tertiary/aromatic N) is 1. The number of carbonyl (C=O) groups excluding carboxylic acids is 1. The molecule has 0 aliphatic rings. The van der Waals surface area contributed by atoms with Gasteiger partial charge in [0.1, 0.15) is 11.6 Å². The average molecular weight is 288 g/mol. The first kappa shape index (κ1) is 14.8. The van der Waals surface area contributed by atoms with Gasteiger partial charge in [0.05, 0.1) is 5.69 Å². The maximum absolute atomic E-state index is 13.0. The molecule has 1 aromatic carbocycles. The number of aryl methyl sites for hydroxylation is 1. The molecule has 6 heteroatoms. The van der Waals surface area contributed by atoms with Gasteiger partial charge in [0, 0.05) is 24.8 Å². The lowest BCUT2D eigenvalue weighted by molar-refractivity contribution is 0.0954. The molecule has 0 saturated heterocycles. The fraction of sp³-hybridized carbons (Fsp3) is 0.200. The maximum atomic E-state index is 13.0. The number of halogens is 1. The molecule has 0 bridgehead atoms. The van der Waals surface area contributed by atoms with E-state index in [0.717, 1.165) is 5.56 Å². The fourth-order valence-electron chi connectivity index (χ4n) is 1.80. The lowest BCUT2D eigenvalue weighted by atomic mass is 10.2. The van der Waals surface area contributed by atoms with Crippen LogP contribution in [0.25, 0.3) is 0 Å². The molecule has 0 radical (unpaired) electrons. The molecule has 0 atom stereocenters. The Morgan fingerprint density at radius 2 is 2.14 bits per heavy atom. The quantitative estimate of drug-likeness (QED) is 0.735. The Bertz CT molecular complexity index is 645. The van der Waals surface area contributed by atoms with Crippen molar-refractivity contribution in [2.45, 2.75) is 6.92 Å². The highest BCUT2D eigenvalue weighted by molar-refractivity contribution is 5.94. The highest BCUT2D eigenvalue weighted by atomic mass is 19.1. The van der Waals surface area contributed by atoms with Gasteiger partial charge in [0.15, 0.2) is 0 Å². The summed E-state index contributed by atoms with van der Waals surface area (Å²) in [6.45, 7) is 2.75. The second-order valence-electron chi connectivity index (χ2n) is 4.58. The number of aromatic nitrogens is 1. The van der Waals surface area contributed by atoms with Gasteiger partial charge in [-0.05, 0) is 36.8 Å². The summed E-state index contributed by atoms with van der Waals surface area (Å²) < 4.78 is 13.0. The SMILES string of the molecule is Cc1ccnc(NCCNC(=O)c2cccc(F)c2)c1N. The number of amides is 1. The Labute approximate surface area is 122 Å². The first-order valence-corrected chi connectivity index (χ1v) is 6.56. The molecule has 0 aliphatic heterocycles. The first-order valence-electron chi connectivity index (χ1n) is 6.56.